The number of carboxylic acid groups (broad SMARTS) is 1. The van der Waals surface area contributed by atoms with E-state index in [0.29, 0.717) is 17.7 Å². The van der Waals surface area contributed by atoms with Gasteiger partial charge in [0.2, 0.25) is 5.60 Å². The predicted molar refractivity (Wildman–Crippen MR) is 88.3 cm³/mol. The Bertz CT molecular complexity index is 575. The third-order valence-electron chi connectivity index (χ3n) is 3.16. The van der Waals surface area contributed by atoms with Crippen molar-refractivity contribution >= 4 is 37.8 Å². The highest BCUT2D eigenvalue weighted by Crippen LogP contribution is 2.35. The number of hydrogen-bond acceptors (Lipinski definition) is 2. The number of hydrogen-bond donors (Lipinski definition) is 1. The van der Waals surface area contributed by atoms with Crippen LogP contribution >= 0.6 is 31.9 Å². The van der Waals surface area contributed by atoms with Crippen molar-refractivity contribution in [2.75, 3.05) is 6.61 Å². The Morgan fingerprint density at radius 3 is 1.67 bits per heavy atom. The molecule has 0 atom stereocenters. The van der Waals surface area contributed by atoms with Crippen LogP contribution in [-0.4, -0.2) is 17.7 Å². The Morgan fingerprint density at radius 2 is 1.38 bits per heavy atom. The zero-order chi connectivity index (χ0) is 15.5. The third-order valence-corrected chi connectivity index (χ3v) is 4.22. The van der Waals surface area contributed by atoms with Gasteiger partial charge in [-0.1, -0.05) is 56.1 Å². The first kappa shape index (κ1) is 16.2. The molecule has 21 heavy (non-hydrogen) atoms. The molecular formula is C16H14Br2O3. The van der Waals surface area contributed by atoms with Crippen molar-refractivity contribution in [1.82, 2.24) is 0 Å². The fourth-order valence-electron chi connectivity index (χ4n) is 2.23. The minimum absolute atomic E-state index is 0.290. The fraction of sp³-hybridized carbons (Fsp3) is 0.188. The van der Waals surface area contributed by atoms with Gasteiger partial charge in [0.05, 0.1) is 0 Å². The maximum Gasteiger partial charge on any atom is 0.345 e. The molecule has 0 aliphatic rings. The van der Waals surface area contributed by atoms with Crippen molar-refractivity contribution in [2.45, 2.75) is 12.5 Å². The molecule has 0 radical (unpaired) electrons. The molecule has 0 aromatic heterocycles. The molecule has 5 heteroatoms. The Labute approximate surface area is 140 Å². The van der Waals surface area contributed by atoms with Crippen LogP contribution in [0.2, 0.25) is 0 Å². The Morgan fingerprint density at radius 1 is 1.00 bits per heavy atom. The average molecular weight is 414 g/mol. The predicted octanol–water partition coefficient (Wildman–Crippen LogP) is 4.58. The lowest BCUT2D eigenvalue weighted by Gasteiger charge is -2.30. The lowest BCUT2D eigenvalue weighted by Crippen LogP contribution is -2.40. The van der Waals surface area contributed by atoms with E-state index in [1.807, 2.05) is 24.3 Å². The van der Waals surface area contributed by atoms with Crippen LogP contribution in [0.25, 0.3) is 0 Å². The number of benzene rings is 2. The summed E-state index contributed by atoms with van der Waals surface area (Å²) in [5.74, 6) is -1.03. The molecule has 3 nitrogen and oxygen atoms in total. The highest BCUT2D eigenvalue weighted by molar-refractivity contribution is 9.10. The first-order valence-electron chi connectivity index (χ1n) is 6.40. The summed E-state index contributed by atoms with van der Waals surface area (Å²) >= 11 is 6.72. The first-order chi connectivity index (χ1) is 10.0. The second kappa shape index (κ2) is 6.73. The zero-order valence-electron chi connectivity index (χ0n) is 11.3. The molecule has 0 aliphatic heterocycles. The summed E-state index contributed by atoms with van der Waals surface area (Å²) in [6, 6.07) is 14.3. The molecular weight excluding hydrogens is 400 g/mol. The second-order valence-corrected chi connectivity index (χ2v) is 6.26. The number of rotatable bonds is 5. The van der Waals surface area contributed by atoms with E-state index in [1.165, 1.54) is 0 Å². The maximum atomic E-state index is 12.0. The number of carboxylic acids is 1. The molecule has 0 aliphatic carbocycles. The quantitative estimate of drug-likeness (QED) is 0.780. The standard InChI is InChI=1S/C16H14Br2O3/c1-2-21-16(15(19)20,11-3-7-13(17)8-4-11)12-5-9-14(18)10-6-12/h3-10H,2H2,1H3,(H,19,20). The van der Waals surface area contributed by atoms with E-state index in [2.05, 4.69) is 31.9 Å². The molecule has 0 saturated heterocycles. The Balaban J connectivity index is 2.65. The van der Waals surface area contributed by atoms with Crippen molar-refractivity contribution in [1.29, 1.82) is 0 Å². The van der Waals surface area contributed by atoms with E-state index in [9.17, 15) is 9.90 Å². The molecule has 2 rings (SSSR count). The summed E-state index contributed by atoms with van der Waals surface area (Å²) in [7, 11) is 0. The highest BCUT2D eigenvalue weighted by Gasteiger charge is 2.43. The summed E-state index contributed by atoms with van der Waals surface area (Å²) in [5.41, 5.74) is -0.333. The minimum atomic E-state index is -1.50. The number of halogens is 2. The molecule has 1 N–H and O–H groups in total. The first-order valence-corrected chi connectivity index (χ1v) is 7.98. The molecule has 0 fully saturated rings. The van der Waals surface area contributed by atoms with Gasteiger partial charge in [-0.15, -0.1) is 0 Å². The molecule has 0 amide bonds. The zero-order valence-corrected chi connectivity index (χ0v) is 14.5. The number of aliphatic carboxylic acids is 1. The van der Waals surface area contributed by atoms with Crippen LogP contribution in [0.3, 0.4) is 0 Å². The Hall–Kier alpha value is -1.17. The van der Waals surface area contributed by atoms with Gasteiger partial charge < -0.3 is 9.84 Å². The summed E-state index contributed by atoms with van der Waals surface area (Å²) in [5, 5.41) is 9.85. The van der Waals surface area contributed by atoms with Crippen LogP contribution in [0.4, 0.5) is 0 Å². The third kappa shape index (κ3) is 3.20. The van der Waals surface area contributed by atoms with E-state index in [4.69, 9.17) is 4.74 Å². The van der Waals surface area contributed by atoms with Crippen molar-refractivity contribution in [3.05, 3.63) is 68.6 Å². The van der Waals surface area contributed by atoms with E-state index >= 15 is 0 Å². The summed E-state index contributed by atoms with van der Waals surface area (Å²) in [6.07, 6.45) is 0. The van der Waals surface area contributed by atoms with Gasteiger partial charge in [-0.2, -0.15) is 0 Å². The smallest absolute Gasteiger partial charge is 0.345 e. The number of carbonyl (C=O) groups is 1. The summed E-state index contributed by atoms with van der Waals surface area (Å²) in [6.45, 7) is 2.08. The van der Waals surface area contributed by atoms with E-state index in [-0.39, 0.29) is 0 Å². The summed E-state index contributed by atoms with van der Waals surface area (Å²) in [4.78, 5) is 12.0. The molecule has 0 spiro atoms. The van der Waals surface area contributed by atoms with Gasteiger partial charge in [0.25, 0.3) is 0 Å². The molecule has 0 saturated carbocycles. The van der Waals surface area contributed by atoms with Crippen LogP contribution in [0.5, 0.6) is 0 Å². The van der Waals surface area contributed by atoms with Crippen LogP contribution in [0, 0.1) is 0 Å². The van der Waals surface area contributed by atoms with Crippen molar-refractivity contribution in [3.8, 4) is 0 Å². The fourth-order valence-corrected chi connectivity index (χ4v) is 2.76. The molecule has 2 aromatic carbocycles. The van der Waals surface area contributed by atoms with Crippen molar-refractivity contribution in [3.63, 3.8) is 0 Å². The van der Waals surface area contributed by atoms with E-state index in [0.717, 1.165) is 8.95 Å². The van der Waals surface area contributed by atoms with Crippen LogP contribution in [0.1, 0.15) is 18.1 Å². The van der Waals surface area contributed by atoms with E-state index < -0.39 is 11.6 Å². The largest absolute Gasteiger partial charge is 0.479 e. The Kier molecular flexibility index (Phi) is 5.19. The molecule has 110 valence electrons. The van der Waals surface area contributed by atoms with Gasteiger partial charge in [-0.25, -0.2) is 4.79 Å². The van der Waals surface area contributed by atoms with Crippen LogP contribution in [0.15, 0.2) is 57.5 Å². The normalized spacial score (nSPS) is 11.4. The van der Waals surface area contributed by atoms with Gasteiger partial charge in [0.1, 0.15) is 0 Å². The van der Waals surface area contributed by atoms with Gasteiger partial charge in [-0.3, -0.25) is 0 Å². The van der Waals surface area contributed by atoms with Crippen LogP contribution in [-0.2, 0) is 15.1 Å². The van der Waals surface area contributed by atoms with Crippen molar-refractivity contribution in [2.24, 2.45) is 0 Å². The molecule has 0 heterocycles. The van der Waals surface area contributed by atoms with Crippen molar-refractivity contribution < 1.29 is 14.6 Å². The van der Waals surface area contributed by atoms with E-state index in [1.54, 1.807) is 31.2 Å². The number of ether oxygens (including phenoxy) is 1. The highest BCUT2D eigenvalue weighted by atomic mass is 79.9. The van der Waals surface area contributed by atoms with Gasteiger partial charge >= 0.3 is 5.97 Å². The lowest BCUT2D eigenvalue weighted by molar-refractivity contribution is -0.161. The maximum absolute atomic E-state index is 12.0. The topological polar surface area (TPSA) is 46.5 Å². The van der Waals surface area contributed by atoms with Gasteiger partial charge in [0, 0.05) is 15.6 Å². The molecule has 0 bridgehead atoms. The monoisotopic (exact) mass is 412 g/mol. The van der Waals surface area contributed by atoms with Crippen LogP contribution < -0.4 is 0 Å². The second-order valence-electron chi connectivity index (χ2n) is 4.43. The SMILES string of the molecule is CCOC(C(=O)O)(c1ccc(Br)cc1)c1ccc(Br)cc1. The van der Waals surface area contributed by atoms with Gasteiger partial charge in [-0.05, 0) is 42.3 Å². The molecule has 0 unspecified atom stereocenters. The average Bonchev–Trinajstić information content (AvgIpc) is 2.46. The lowest BCUT2D eigenvalue weighted by atomic mass is 9.86. The van der Waals surface area contributed by atoms with Gasteiger partial charge in [0.15, 0.2) is 0 Å². The summed E-state index contributed by atoms with van der Waals surface area (Å²) < 4.78 is 7.49. The molecule has 2 aromatic rings. The minimum Gasteiger partial charge on any atom is -0.479 e.